The van der Waals surface area contributed by atoms with Gasteiger partial charge in [-0.25, -0.2) is 4.79 Å². The molecule has 8 heteroatoms. The van der Waals surface area contributed by atoms with Crippen molar-refractivity contribution in [2.24, 2.45) is 0 Å². The van der Waals surface area contributed by atoms with Gasteiger partial charge in [0.1, 0.15) is 11.0 Å². The zero-order valence-electron chi connectivity index (χ0n) is 13.4. The van der Waals surface area contributed by atoms with Crippen LogP contribution >= 0.6 is 0 Å². The van der Waals surface area contributed by atoms with Gasteiger partial charge in [-0.1, -0.05) is 0 Å². The van der Waals surface area contributed by atoms with E-state index in [2.05, 4.69) is 10.2 Å². The first-order chi connectivity index (χ1) is 10.5. The summed E-state index contributed by atoms with van der Waals surface area (Å²) >= 11 is 0. The first kappa shape index (κ1) is 16.1. The number of H-pyrrole nitrogens is 1. The van der Waals surface area contributed by atoms with Crippen molar-refractivity contribution in [1.29, 1.82) is 0 Å². The van der Waals surface area contributed by atoms with Gasteiger partial charge in [-0.2, -0.15) is 18.3 Å². The van der Waals surface area contributed by atoms with E-state index < -0.39 is 23.3 Å². The Hall–Kier alpha value is -1.73. The van der Waals surface area contributed by atoms with Crippen LogP contribution in [0, 0.1) is 0 Å². The third-order valence-corrected chi connectivity index (χ3v) is 4.33. The number of amides is 1. The van der Waals surface area contributed by atoms with Crippen molar-refractivity contribution in [3.05, 3.63) is 17.0 Å². The van der Waals surface area contributed by atoms with Crippen LogP contribution in [0.3, 0.4) is 0 Å². The van der Waals surface area contributed by atoms with Crippen LogP contribution in [0.5, 0.6) is 0 Å². The molecule has 1 fully saturated rings. The highest BCUT2D eigenvalue weighted by Gasteiger charge is 2.66. The molecule has 2 heterocycles. The molecule has 0 atom stereocenters. The van der Waals surface area contributed by atoms with Gasteiger partial charge in [-0.15, -0.1) is 0 Å². The average molecular weight is 331 g/mol. The van der Waals surface area contributed by atoms with E-state index in [1.807, 2.05) is 0 Å². The van der Waals surface area contributed by atoms with Crippen molar-refractivity contribution in [2.45, 2.75) is 63.8 Å². The number of hydrogen-bond donors (Lipinski definition) is 1. The van der Waals surface area contributed by atoms with E-state index in [1.54, 1.807) is 20.8 Å². The number of alkyl halides is 3. The molecule has 0 aromatic carbocycles. The smallest absolute Gasteiger partial charge is 0.410 e. The molecule has 0 spiro atoms. The highest BCUT2D eigenvalue weighted by atomic mass is 19.4. The minimum Gasteiger partial charge on any atom is -0.444 e. The first-order valence-electron chi connectivity index (χ1n) is 7.65. The molecular weight excluding hydrogens is 311 g/mol. The summed E-state index contributed by atoms with van der Waals surface area (Å²) in [7, 11) is 0. The molecule has 23 heavy (non-hydrogen) atoms. The molecule has 1 N–H and O–H groups in total. The molecule has 0 unspecified atom stereocenters. The van der Waals surface area contributed by atoms with Gasteiger partial charge in [0.25, 0.3) is 0 Å². The lowest BCUT2D eigenvalue weighted by atomic mass is 9.94. The number of aromatic amines is 1. The minimum atomic E-state index is -4.32. The van der Waals surface area contributed by atoms with E-state index in [4.69, 9.17) is 4.74 Å². The SMILES string of the molecule is CC(C)(C)OC(=O)N1CCc2[nH]nc(C3(C(F)(F)F)CC3)c2C1. The van der Waals surface area contributed by atoms with Gasteiger partial charge in [0.05, 0.1) is 12.2 Å². The molecule has 2 aliphatic rings. The van der Waals surface area contributed by atoms with Crippen molar-refractivity contribution in [2.75, 3.05) is 6.54 Å². The predicted molar refractivity (Wildman–Crippen MR) is 75.9 cm³/mol. The Morgan fingerprint density at radius 2 is 1.96 bits per heavy atom. The van der Waals surface area contributed by atoms with Crippen molar-refractivity contribution < 1.29 is 22.7 Å². The molecule has 128 valence electrons. The maximum atomic E-state index is 13.3. The summed E-state index contributed by atoms with van der Waals surface area (Å²) in [4.78, 5) is 13.6. The second kappa shape index (κ2) is 4.88. The summed E-state index contributed by atoms with van der Waals surface area (Å²) in [6.45, 7) is 5.78. The Labute approximate surface area is 132 Å². The van der Waals surface area contributed by atoms with Gasteiger partial charge in [0.2, 0.25) is 0 Å². The molecule has 5 nitrogen and oxygen atoms in total. The minimum absolute atomic E-state index is 0.0493. The van der Waals surface area contributed by atoms with Gasteiger partial charge >= 0.3 is 12.3 Å². The summed E-state index contributed by atoms with van der Waals surface area (Å²) in [5.41, 5.74) is -1.24. The van der Waals surface area contributed by atoms with Gasteiger partial charge in [0, 0.05) is 24.2 Å². The average Bonchev–Trinajstić information content (AvgIpc) is 3.11. The molecule has 0 radical (unpaired) electrons. The van der Waals surface area contributed by atoms with E-state index in [9.17, 15) is 18.0 Å². The molecule has 1 aromatic rings. The van der Waals surface area contributed by atoms with E-state index in [0.29, 0.717) is 24.2 Å². The largest absolute Gasteiger partial charge is 0.444 e. The van der Waals surface area contributed by atoms with Crippen molar-refractivity contribution in [3.8, 4) is 0 Å². The summed E-state index contributed by atoms with van der Waals surface area (Å²) in [5.74, 6) is 0. The Kier molecular flexibility index (Phi) is 3.42. The maximum Gasteiger partial charge on any atom is 0.410 e. The Balaban J connectivity index is 1.84. The fourth-order valence-corrected chi connectivity index (χ4v) is 2.95. The van der Waals surface area contributed by atoms with E-state index in [-0.39, 0.29) is 25.1 Å². The summed E-state index contributed by atoms with van der Waals surface area (Å²) in [6, 6.07) is 0. The Morgan fingerprint density at radius 3 is 2.48 bits per heavy atom. The number of halogens is 3. The van der Waals surface area contributed by atoms with Gasteiger partial charge in [-0.3, -0.25) is 5.10 Å². The van der Waals surface area contributed by atoms with Crippen molar-refractivity contribution in [1.82, 2.24) is 15.1 Å². The molecule has 3 rings (SSSR count). The summed E-state index contributed by atoms with van der Waals surface area (Å²) < 4.78 is 45.4. The molecule has 1 aliphatic heterocycles. The maximum absolute atomic E-state index is 13.3. The topological polar surface area (TPSA) is 58.2 Å². The zero-order chi connectivity index (χ0) is 17.0. The summed E-state index contributed by atoms with van der Waals surface area (Å²) in [6.07, 6.45) is -4.26. The van der Waals surface area contributed by atoms with Crippen LogP contribution in [0.1, 0.15) is 50.6 Å². The summed E-state index contributed by atoms with van der Waals surface area (Å²) in [5, 5.41) is 6.67. The van der Waals surface area contributed by atoms with Crippen LogP contribution in [-0.4, -0.2) is 39.5 Å². The van der Waals surface area contributed by atoms with E-state index >= 15 is 0 Å². The quantitative estimate of drug-likeness (QED) is 0.859. The molecule has 0 bridgehead atoms. The number of carbonyl (C=O) groups is 1. The van der Waals surface area contributed by atoms with Crippen LogP contribution in [0.4, 0.5) is 18.0 Å². The molecule has 1 amide bonds. The zero-order valence-corrected chi connectivity index (χ0v) is 13.4. The number of hydrogen-bond acceptors (Lipinski definition) is 3. The standard InChI is InChI=1S/C15H20F3N3O2/c1-13(2,3)23-12(22)21-7-4-10-9(8-21)11(20-19-10)14(5-6-14)15(16,17)18/h4-8H2,1-3H3,(H,19,20). The van der Waals surface area contributed by atoms with E-state index in [0.717, 1.165) is 0 Å². The number of nitrogens with zero attached hydrogens (tertiary/aromatic N) is 2. The fraction of sp³-hybridized carbons (Fsp3) is 0.733. The van der Waals surface area contributed by atoms with Gasteiger partial charge in [0.15, 0.2) is 0 Å². The normalized spacial score (nSPS) is 20.2. The lowest BCUT2D eigenvalue weighted by molar-refractivity contribution is -0.161. The predicted octanol–water partition coefficient (Wildman–Crippen LogP) is 3.30. The Morgan fingerprint density at radius 1 is 1.30 bits per heavy atom. The lowest BCUT2D eigenvalue weighted by Crippen LogP contribution is -2.40. The number of nitrogens with one attached hydrogen (secondary N) is 1. The molecule has 1 aliphatic carbocycles. The van der Waals surface area contributed by atoms with Crippen LogP contribution in [0.15, 0.2) is 0 Å². The van der Waals surface area contributed by atoms with Crippen LogP contribution in [0.2, 0.25) is 0 Å². The highest BCUT2D eigenvalue weighted by Crippen LogP contribution is 2.59. The number of ether oxygens (including phenoxy) is 1. The number of carbonyl (C=O) groups excluding carboxylic acids is 1. The van der Waals surface area contributed by atoms with Crippen LogP contribution in [0.25, 0.3) is 0 Å². The first-order valence-corrected chi connectivity index (χ1v) is 7.65. The molecule has 1 aromatic heterocycles. The number of rotatable bonds is 1. The second-order valence-electron chi connectivity index (χ2n) is 7.26. The third kappa shape index (κ3) is 2.79. The second-order valence-corrected chi connectivity index (χ2v) is 7.26. The third-order valence-electron chi connectivity index (χ3n) is 4.33. The lowest BCUT2D eigenvalue weighted by Gasteiger charge is -2.30. The molecule has 0 saturated heterocycles. The van der Waals surface area contributed by atoms with Crippen molar-refractivity contribution >= 4 is 6.09 Å². The fourth-order valence-electron chi connectivity index (χ4n) is 2.95. The molecular formula is C15H20F3N3O2. The van der Waals surface area contributed by atoms with Crippen molar-refractivity contribution in [3.63, 3.8) is 0 Å². The van der Waals surface area contributed by atoms with Gasteiger partial charge in [-0.05, 0) is 33.6 Å². The van der Waals surface area contributed by atoms with E-state index in [1.165, 1.54) is 4.90 Å². The number of fused-ring (bicyclic) bond motifs is 1. The van der Waals surface area contributed by atoms with Gasteiger partial charge < -0.3 is 9.64 Å². The van der Waals surface area contributed by atoms with Crippen LogP contribution < -0.4 is 0 Å². The molecule has 1 saturated carbocycles. The Bertz CT molecular complexity index is 627. The highest BCUT2D eigenvalue weighted by molar-refractivity contribution is 5.68. The monoisotopic (exact) mass is 331 g/mol. The van der Waals surface area contributed by atoms with Crippen LogP contribution in [-0.2, 0) is 23.1 Å². The number of aromatic nitrogens is 2.